The van der Waals surface area contributed by atoms with Gasteiger partial charge in [0.2, 0.25) is 10.0 Å². The van der Waals surface area contributed by atoms with E-state index < -0.39 is 19.9 Å². The molecule has 0 bridgehead atoms. The number of hydrogen-bond acceptors (Lipinski definition) is 5. The normalized spacial score (nSPS) is 12.4. The van der Waals surface area contributed by atoms with E-state index in [-0.39, 0.29) is 23.7 Å². The lowest BCUT2D eigenvalue weighted by Crippen LogP contribution is -2.23. The van der Waals surface area contributed by atoms with E-state index in [1.54, 1.807) is 16.9 Å². The Morgan fingerprint density at radius 2 is 1.74 bits per heavy atom. The molecule has 126 valence electrons. The summed E-state index contributed by atoms with van der Waals surface area (Å²) in [5, 5.41) is 4.25. The summed E-state index contributed by atoms with van der Waals surface area (Å²) in [4.78, 5) is 0. The Kier molecular flexibility index (Phi) is 5.55. The van der Waals surface area contributed by atoms with Gasteiger partial charge >= 0.3 is 0 Å². The quantitative estimate of drug-likeness (QED) is 0.751. The summed E-state index contributed by atoms with van der Waals surface area (Å²) in [7, 11) is -5.48. The molecule has 0 spiro atoms. The Hall–Kier alpha value is -1.71. The third-order valence-corrected chi connectivity index (χ3v) is 6.31. The first kappa shape index (κ1) is 17.6. The molecule has 0 radical (unpaired) electrons. The molecular weight excluding hydrogens is 338 g/mol. The molecular formula is C14H19N3O4S2. The number of nitrogens with one attached hydrogen (secondary N) is 1. The molecule has 2 aromatic rings. The van der Waals surface area contributed by atoms with Crippen LogP contribution in [-0.2, 0) is 25.6 Å². The van der Waals surface area contributed by atoms with Crippen LogP contribution in [0.3, 0.4) is 0 Å². The zero-order valence-corrected chi connectivity index (χ0v) is 14.3. The average Bonchev–Trinajstić information content (AvgIpc) is 2.95. The highest BCUT2D eigenvalue weighted by Crippen LogP contribution is 2.10. The van der Waals surface area contributed by atoms with Crippen LogP contribution in [0.15, 0.2) is 42.6 Å². The van der Waals surface area contributed by atoms with Crippen LogP contribution in [0.1, 0.15) is 12.1 Å². The molecule has 0 saturated heterocycles. The lowest BCUT2D eigenvalue weighted by molar-refractivity contribution is 0.584. The van der Waals surface area contributed by atoms with Crippen molar-refractivity contribution in [3.63, 3.8) is 0 Å². The maximum atomic E-state index is 12.1. The summed E-state index contributed by atoms with van der Waals surface area (Å²) in [6, 6.07) is 11.0. The Morgan fingerprint density at radius 3 is 2.39 bits per heavy atom. The van der Waals surface area contributed by atoms with Crippen LogP contribution in [0.2, 0.25) is 0 Å². The molecule has 0 aliphatic heterocycles. The highest BCUT2D eigenvalue weighted by Gasteiger charge is 2.16. The molecule has 0 atom stereocenters. The summed E-state index contributed by atoms with van der Waals surface area (Å²) < 4.78 is 50.4. The van der Waals surface area contributed by atoms with Gasteiger partial charge in [-0.05, 0) is 31.7 Å². The topological polar surface area (TPSA) is 98.1 Å². The number of sulfone groups is 1. The van der Waals surface area contributed by atoms with Gasteiger partial charge in [0.1, 0.15) is 0 Å². The number of aromatic nitrogens is 2. The Labute approximate surface area is 136 Å². The van der Waals surface area contributed by atoms with E-state index in [0.29, 0.717) is 5.69 Å². The molecule has 9 heteroatoms. The Morgan fingerprint density at radius 1 is 1.04 bits per heavy atom. The maximum Gasteiger partial charge on any atom is 0.211 e. The summed E-state index contributed by atoms with van der Waals surface area (Å²) in [6.45, 7) is 0. The highest BCUT2D eigenvalue weighted by atomic mass is 32.2. The van der Waals surface area contributed by atoms with E-state index >= 15 is 0 Å². The number of hydrogen-bond donors (Lipinski definition) is 1. The Balaban J connectivity index is 1.97. The van der Waals surface area contributed by atoms with Crippen LogP contribution < -0.4 is 4.72 Å². The van der Waals surface area contributed by atoms with Crippen LogP contribution >= 0.6 is 0 Å². The number of para-hydroxylation sites is 1. The summed E-state index contributed by atoms with van der Waals surface area (Å²) in [5.41, 5.74) is 1.28. The van der Waals surface area contributed by atoms with E-state index in [1.165, 1.54) is 7.05 Å². The van der Waals surface area contributed by atoms with Gasteiger partial charge < -0.3 is 0 Å². The molecule has 23 heavy (non-hydrogen) atoms. The predicted molar refractivity (Wildman–Crippen MR) is 88.5 cm³/mol. The minimum atomic E-state index is -3.40. The molecule has 7 nitrogen and oxygen atoms in total. The molecule has 0 aliphatic rings. The fourth-order valence-electron chi connectivity index (χ4n) is 2.03. The summed E-state index contributed by atoms with van der Waals surface area (Å²) >= 11 is 0. The molecule has 0 saturated carbocycles. The molecule has 1 N–H and O–H groups in total. The van der Waals surface area contributed by atoms with E-state index in [2.05, 4.69) is 9.82 Å². The minimum absolute atomic E-state index is 0.0604. The first-order chi connectivity index (χ1) is 10.8. The van der Waals surface area contributed by atoms with E-state index in [1.807, 2.05) is 30.3 Å². The second-order valence-electron chi connectivity index (χ2n) is 5.06. The van der Waals surface area contributed by atoms with Crippen LogP contribution in [0.4, 0.5) is 0 Å². The van der Waals surface area contributed by atoms with Crippen molar-refractivity contribution in [2.24, 2.45) is 0 Å². The first-order valence-corrected chi connectivity index (χ1v) is 10.5. The lowest BCUT2D eigenvalue weighted by Gasteiger charge is -2.04. The molecule has 0 unspecified atom stereocenters. The molecule has 1 aromatic carbocycles. The largest absolute Gasteiger partial charge is 0.241 e. The van der Waals surface area contributed by atoms with E-state index in [4.69, 9.17) is 0 Å². The minimum Gasteiger partial charge on any atom is -0.241 e. The van der Waals surface area contributed by atoms with E-state index in [0.717, 1.165) is 5.69 Å². The van der Waals surface area contributed by atoms with Crippen molar-refractivity contribution in [3.8, 4) is 5.69 Å². The standard InChI is InChI=1S/C14H19N3O4S2/c1-15-23(20,21)11-5-10-22(18,19)12-13-8-9-17(16-13)14-6-3-2-4-7-14/h2-4,6-9,15H,5,10-12H2,1H3. The van der Waals surface area contributed by atoms with Crippen LogP contribution in [0.5, 0.6) is 0 Å². The average molecular weight is 357 g/mol. The molecule has 0 aliphatic carbocycles. The smallest absolute Gasteiger partial charge is 0.211 e. The van der Waals surface area contributed by atoms with Crippen molar-refractivity contribution in [2.45, 2.75) is 12.2 Å². The third kappa shape index (κ3) is 5.45. The van der Waals surface area contributed by atoms with Gasteiger partial charge in [0.25, 0.3) is 0 Å². The third-order valence-electron chi connectivity index (χ3n) is 3.21. The van der Waals surface area contributed by atoms with Crippen molar-refractivity contribution in [3.05, 3.63) is 48.3 Å². The SMILES string of the molecule is CNS(=O)(=O)CCCS(=O)(=O)Cc1ccn(-c2ccccc2)n1. The predicted octanol–water partition coefficient (Wildman–Crippen LogP) is 0.726. The van der Waals surface area contributed by atoms with Gasteiger partial charge in [-0.2, -0.15) is 5.10 Å². The fourth-order valence-corrected chi connectivity index (χ4v) is 4.28. The number of sulfonamides is 1. The van der Waals surface area contributed by atoms with Gasteiger partial charge in [-0.15, -0.1) is 0 Å². The number of nitrogens with zero attached hydrogens (tertiary/aromatic N) is 2. The van der Waals surface area contributed by atoms with Crippen molar-refractivity contribution < 1.29 is 16.8 Å². The monoisotopic (exact) mass is 357 g/mol. The van der Waals surface area contributed by atoms with E-state index in [9.17, 15) is 16.8 Å². The molecule has 2 rings (SSSR count). The molecule has 1 aromatic heterocycles. The van der Waals surface area contributed by atoms with Gasteiger partial charge in [0.15, 0.2) is 9.84 Å². The van der Waals surface area contributed by atoms with Crippen molar-refractivity contribution in [2.75, 3.05) is 18.6 Å². The van der Waals surface area contributed by atoms with Gasteiger partial charge in [0.05, 0.1) is 28.6 Å². The van der Waals surface area contributed by atoms with Crippen LogP contribution in [-0.4, -0.2) is 45.2 Å². The van der Waals surface area contributed by atoms with Crippen LogP contribution in [0, 0.1) is 0 Å². The maximum absolute atomic E-state index is 12.1. The summed E-state index contributed by atoms with van der Waals surface area (Å²) in [5.74, 6) is -0.597. The zero-order valence-electron chi connectivity index (χ0n) is 12.7. The van der Waals surface area contributed by atoms with Gasteiger partial charge in [-0.25, -0.2) is 26.2 Å². The van der Waals surface area contributed by atoms with Gasteiger partial charge in [0, 0.05) is 6.20 Å². The highest BCUT2D eigenvalue weighted by molar-refractivity contribution is 7.91. The number of rotatable bonds is 8. The van der Waals surface area contributed by atoms with Crippen molar-refractivity contribution in [1.82, 2.24) is 14.5 Å². The fraction of sp³-hybridized carbons (Fsp3) is 0.357. The number of benzene rings is 1. The second-order valence-corrected chi connectivity index (χ2v) is 9.29. The van der Waals surface area contributed by atoms with Gasteiger partial charge in [-0.1, -0.05) is 18.2 Å². The summed E-state index contributed by atoms with van der Waals surface area (Å²) in [6.07, 6.45) is 1.76. The second kappa shape index (κ2) is 7.24. The molecule has 0 amide bonds. The Bertz CT molecular complexity index is 843. The molecule has 1 heterocycles. The van der Waals surface area contributed by atoms with Crippen molar-refractivity contribution >= 4 is 19.9 Å². The van der Waals surface area contributed by atoms with Crippen molar-refractivity contribution in [1.29, 1.82) is 0 Å². The van der Waals surface area contributed by atoms with Gasteiger partial charge in [-0.3, -0.25) is 0 Å². The van der Waals surface area contributed by atoms with Crippen LogP contribution in [0.25, 0.3) is 5.69 Å². The molecule has 0 fully saturated rings. The zero-order chi connectivity index (χ0) is 16.9. The first-order valence-electron chi connectivity index (χ1n) is 7.03. The lowest BCUT2D eigenvalue weighted by atomic mass is 10.3.